The number of aliphatic carboxylic acids is 1. The lowest BCUT2D eigenvalue weighted by Gasteiger charge is -2.17. The number of aliphatic hydroxyl groups is 2. The van der Waals surface area contributed by atoms with Gasteiger partial charge < -0.3 is 30.1 Å². The molecule has 1 amide bonds. The minimum absolute atomic E-state index is 0.0447. The first-order valence-corrected chi connectivity index (χ1v) is 12.5. The number of amides is 1. The van der Waals surface area contributed by atoms with Crippen molar-refractivity contribution in [3.63, 3.8) is 0 Å². The topological polar surface area (TPSA) is 143 Å². The summed E-state index contributed by atoms with van der Waals surface area (Å²) in [6.07, 6.45) is -8.26. The number of nitrogens with zero attached hydrogens (tertiary/aromatic N) is 2. The third-order valence-electron chi connectivity index (χ3n) is 5.72. The first kappa shape index (κ1) is 31.4. The number of aromatic nitrogens is 2. The second-order valence-electron chi connectivity index (χ2n) is 9.44. The number of carbonyl (C=O) groups excluding carboxylic acids is 1. The molecule has 0 bridgehead atoms. The molecule has 10 nitrogen and oxygen atoms in total. The number of nitrogens with one attached hydrogen (secondary N) is 1. The van der Waals surface area contributed by atoms with Gasteiger partial charge in [0.25, 0.3) is 5.91 Å². The third-order valence-corrected chi connectivity index (χ3v) is 5.72. The molecule has 0 aliphatic carbocycles. The van der Waals surface area contributed by atoms with Crippen LogP contribution in [0.3, 0.4) is 0 Å². The Morgan fingerprint density at radius 1 is 1.02 bits per heavy atom. The zero-order chi connectivity index (χ0) is 30.3. The number of rotatable bonds is 13. The van der Waals surface area contributed by atoms with E-state index in [4.69, 9.17) is 9.84 Å². The Bertz CT molecular complexity index is 1330. The van der Waals surface area contributed by atoms with Gasteiger partial charge in [-0.2, -0.15) is 5.10 Å². The van der Waals surface area contributed by atoms with Gasteiger partial charge in [0, 0.05) is 18.5 Å². The highest BCUT2D eigenvalue weighted by molar-refractivity contribution is 5.94. The molecule has 3 rings (SSSR count). The van der Waals surface area contributed by atoms with Crippen LogP contribution in [0.2, 0.25) is 0 Å². The van der Waals surface area contributed by atoms with E-state index in [1.165, 1.54) is 41.1 Å². The van der Waals surface area contributed by atoms with Crippen molar-refractivity contribution >= 4 is 11.9 Å². The van der Waals surface area contributed by atoms with Gasteiger partial charge in [-0.1, -0.05) is 26.0 Å². The second kappa shape index (κ2) is 13.5. The van der Waals surface area contributed by atoms with E-state index in [9.17, 15) is 37.4 Å². The molecule has 0 aliphatic heterocycles. The van der Waals surface area contributed by atoms with Crippen LogP contribution in [0.5, 0.6) is 11.6 Å². The average Bonchev–Trinajstić information content (AvgIpc) is 3.26. The van der Waals surface area contributed by atoms with Crippen molar-refractivity contribution in [3.05, 3.63) is 71.2 Å². The van der Waals surface area contributed by atoms with Crippen LogP contribution in [0.25, 0.3) is 5.69 Å². The summed E-state index contributed by atoms with van der Waals surface area (Å²) in [5, 5.41) is 36.0. The molecule has 14 heteroatoms. The number of carboxylic acids is 1. The number of carbonyl (C=O) groups is 2. The quantitative estimate of drug-likeness (QED) is 0.222. The van der Waals surface area contributed by atoms with Crippen molar-refractivity contribution < 1.29 is 51.9 Å². The molecule has 0 unspecified atom stereocenters. The molecule has 0 radical (unpaired) electrons. The van der Waals surface area contributed by atoms with Gasteiger partial charge >= 0.3 is 12.3 Å². The van der Waals surface area contributed by atoms with E-state index in [-0.39, 0.29) is 37.1 Å². The van der Waals surface area contributed by atoms with Crippen LogP contribution in [-0.2, 0) is 11.3 Å². The molecule has 0 saturated heterocycles. The minimum atomic E-state index is -4.83. The Balaban J connectivity index is 1.85. The minimum Gasteiger partial charge on any atom is -0.481 e. The fourth-order valence-corrected chi connectivity index (χ4v) is 3.92. The molecule has 3 aromatic rings. The highest BCUT2D eigenvalue weighted by atomic mass is 19.4. The van der Waals surface area contributed by atoms with Gasteiger partial charge in [0.15, 0.2) is 5.69 Å². The second-order valence-corrected chi connectivity index (χ2v) is 9.44. The van der Waals surface area contributed by atoms with Crippen LogP contribution in [0.1, 0.15) is 54.2 Å². The first-order chi connectivity index (χ1) is 19.2. The predicted molar refractivity (Wildman–Crippen MR) is 136 cm³/mol. The number of aliphatic hydroxyl groups excluding tert-OH is 2. The van der Waals surface area contributed by atoms with Crippen molar-refractivity contribution in [1.29, 1.82) is 0 Å². The van der Waals surface area contributed by atoms with Crippen molar-refractivity contribution in [1.82, 2.24) is 15.1 Å². The van der Waals surface area contributed by atoms with Crippen LogP contribution >= 0.6 is 0 Å². The molecule has 4 N–H and O–H groups in total. The Morgan fingerprint density at radius 2 is 1.66 bits per heavy atom. The van der Waals surface area contributed by atoms with Crippen molar-refractivity contribution in [2.45, 2.75) is 57.7 Å². The average molecular weight is 584 g/mol. The van der Waals surface area contributed by atoms with E-state index in [1.807, 2.05) is 0 Å². The molecule has 2 aromatic carbocycles. The maximum absolute atomic E-state index is 13.6. The fourth-order valence-electron chi connectivity index (χ4n) is 3.92. The lowest BCUT2D eigenvalue weighted by Crippen LogP contribution is -2.26. The summed E-state index contributed by atoms with van der Waals surface area (Å²) in [6, 6.07) is 10.1. The van der Waals surface area contributed by atoms with Crippen molar-refractivity contribution in [2.75, 3.05) is 6.61 Å². The van der Waals surface area contributed by atoms with Gasteiger partial charge in [0.05, 0.1) is 24.3 Å². The van der Waals surface area contributed by atoms with Crippen LogP contribution < -0.4 is 14.8 Å². The SMILES string of the molecule is CC(C)c1c(C(=O)NCc2ccc(OC(F)(F)F)cc2)nn(-c2ccc(F)cc2)c1OC[C@@H](O)C[C@@H](O)CC(=O)O. The molecule has 222 valence electrons. The summed E-state index contributed by atoms with van der Waals surface area (Å²) < 4.78 is 61.7. The predicted octanol–water partition coefficient (Wildman–Crippen LogP) is 3.93. The Kier molecular flexibility index (Phi) is 10.3. The summed E-state index contributed by atoms with van der Waals surface area (Å²) in [7, 11) is 0. The van der Waals surface area contributed by atoms with Gasteiger partial charge in [0.1, 0.15) is 18.2 Å². The van der Waals surface area contributed by atoms with Crippen LogP contribution in [0.4, 0.5) is 17.6 Å². The lowest BCUT2D eigenvalue weighted by atomic mass is 10.0. The number of benzene rings is 2. The third kappa shape index (κ3) is 9.18. The summed E-state index contributed by atoms with van der Waals surface area (Å²) in [5.41, 5.74) is 1.12. The summed E-state index contributed by atoms with van der Waals surface area (Å²) >= 11 is 0. The molecule has 1 heterocycles. The van der Waals surface area contributed by atoms with E-state index in [2.05, 4.69) is 15.2 Å². The summed E-state index contributed by atoms with van der Waals surface area (Å²) in [4.78, 5) is 24.0. The van der Waals surface area contributed by atoms with Crippen LogP contribution in [0, 0.1) is 5.82 Å². The Hall–Kier alpha value is -4.17. The van der Waals surface area contributed by atoms with E-state index in [0.29, 0.717) is 16.8 Å². The van der Waals surface area contributed by atoms with Crippen LogP contribution in [0.15, 0.2) is 48.5 Å². The van der Waals surface area contributed by atoms with Gasteiger partial charge in [0.2, 0.25) is 5.88 Å². The van der Waals surface area contributed by atoms with Crippen molar-refractivity contribution in [3.8, 4) is 17.3 Å². The molecular formula is C27H29F4N3O7. The van der Waals surface area contributed by atoms with Gasteiger partial charge in [-0.25, -0.2) is 9.07 Å². The molecule has 0 fully saturated rings. The highest BCUT2D eigenvalue weighted by Crippen LogP contribution is 2.33. The van der Waals surface area contributed by atoms with Gasteiger partial charge in [-0.05, 0) is 47.9 Å². The standard InChI is InChI=1S/C27H29F4N3O7/c1-15(2)23-24(25(39)32-13-16-3-9-21(10-4-16)41-27(29,30)31)33-34(18-7-5-17(28)6-8-18)26(23)40-14-20(36)11-19(35)12-22(37)38/h3-10,15,19-20,35-36H,11-14H2,1-2H3,(H,32,39)(H,37,38)/t19-,20+/m1/s1. The fraction of sp³-hybridized carbons (Fsp3) is 0.370. The largest absolute Gasteiger partial charge is 0.573 e. The van der Waals surface area contributed by atoms with Gasteiger partial charge in [-0.3, -0.25) is 9.59 Å². The number of alkyl halides is 3. The number of carboxylic acid groups (broad SMARTS) is 1. The molecular weight excluding hydrogens is 554 g/mol. The monoisotopic (exact) mass is 583 g/mol. The van der Waals surface area contributed by atoms with E-state index in [1.54, 1.807) is 13.8 Å². The number of ether oxygens (including phenoxy) is 2. The van der Waals surface area contributed by atoms with E-state index >= 15 is 0 Å². The Morgan fingerprint density at radius 3 is 2.22 bits per heavy atom. The zero-order valence-corrected chi connectivity index (χ0v) is 22.1. The smallest absolute Gasteiger partial charge is 0.481 e. The normalized spacial score (nSPS) is 13.1. The number of halogens is 4. The highest BCUT2D eigenvalue weighted by Gasteiger charge is 2.31. The van der Waals surface area contributed by atoms with Gasteiger partial charge in [-0.15, -0.1) is 13.2 Å². The number of hydrogen-bond acceptors (Lipinski definition) is 7. The molecule has 0 aliphatic rings. The van der Waals surface area contributed by atoms with Crippen LogP contribution in [-0.4, -0.2) is 62.2 Å². The van der Waals surface area contributed by atoms with Crippen molar-refractivity contribution in [2.24, 2.45) is 0 Å². The summed E-state index contributed by atoms with van der Waals surface area (Å²) in [5.74, 6) is -3.06. The first-order valence-electron chi connectivity index (χ1n) is 12.5. The van der Waals surface area contributed by atoms with E-state index in [0.717, 1.165) is 12.1 Å². The molecule has 2 atom stereocenters. The molecule has 41 heavy (non-hydrogen) atoms. The van der Waals surface area contributed by atoms with E-state index < -0.39 is 48.4 Å². The summed E-state index contributed by atoms with van der Waals surface area (Å²) in [6.45, 7) is 3.10. The maximum atomic E-state index is 13.6. The number of hydrogen-bond donors (Lipinski definition) is 4. The lowest BCUT2D eigenvalue weighted by molar-refractivity contribution is -0.274. The molecule has 1 aromatic heterocycles. The zero-order valence-electron chi connectivity index (χ0n) is 22.1. The Labute approximate surface area is 232 Å². The molecule has 0 saturated carbocycles. The maximum Gasteiger partial charge on any atom is 0.573 e. The molecule has 0 spiro atoms.